The first-order chi connectivity index (χ1) is 8.69. The molecule has 0 bridgehead atoms. The molecular formula is C10H12ClN5O2. The number of nitrogens with zero attached hydrogens (tertiary/aromatic N) is 5. The van der Waals surface area contributed by atoms with Gasteiger partial charge < -0.3 is 9.47 Å². The highest BCUT2D eigenvalue weighted by Gasteiger charge is 2.10. The van der Waals surface area contributed by atoms with E-state index in [1.807, 2.05) is 6.92 Å². The summed E-state index contributed by atoms with van der Waals surface area (Å²) in [6, 6.07) is 0.156. The number of imidazole rings is 1. The van der Waals surface area contributed by atoms with Gasteiger partial charge in [0, 0.05) is 19.5 Å². The zero-order valence-electron chi connectivity index (χ0n) is 9.95. The number of ether oxygens (including phenoxy) is 2. The summed E-state index contributed by atoms with van der Waals surface area (Å²) in [5.41, 5.74) is 0. The topological polar surface area (TPSA) is 75.0 Å². The monoisotopic (exact) mass is 269 g/mol. The molecule has 0 fully saturated rings. The third kappa shape index (κ3) is 3.14. The fourth-order valence-corrected chi connectivity index (χ4v) is 1.46. The Kier molecular flexibility index (Phi) is 4.06. The fourth-order valence-electron chi connectivity index (χ4n) is 1.32. The molecule has 0 N–H and O–H groups in total. The summed E-state index contributed by atoms with van der Waals surface area (Å²) < 4.78 is 12.0. The zero-order valence-corrected chi connectivity index (χ0v) is 10.7. The van der Waals surface area contributed by atoms with Gasteiger partial charge in [-0.05, 0) is 18.5 Å². The van der Waals surface area contributed by atoms with E-state index in [1.54, 1.807) is 30.4 Å². The summed E-state index contributed by atoms with van der Waals surface area (Å²) >= 11 is 5.82. The van der Waals surface area contributed by atoms with Crippen LogP contribution >= 0.6 is 11.6 Å². The van der Waals surface area contributed by atoms with Gasteiger partial charge in [0.15, 0.2) is 0 Å². The van der Waals surface area contributed by atoms with E-state index in [4.69, 9.17) is 21.1 Å². The van der Waals surface area contributed by atoms with E-state index in [9.17, 15) is 0 Å². The van der Waals surface area contributed by atoms with Crippen molar-refractivity contribution in [1.29, 1.82) is 0 Å². The van der Waals surface area contributed by atoms with Crippen molar-refractivity contribution in [1.82, 2.24) is 24.5 Å². The first-order valence-electron chi connectivity index (χ1n) is 5.24. The van der Waals surface area contributed by atoms with Crippen LogP contribution in [-0.4, -0.2) is 44.3 Å². The Balaban J connectivity index is 2.22. The molecule has 0 saturated heterocycles. The van der Waals surface area contributed by atoms with Gasteiger partial charge in [0.1, 0.15) is 12.4 Å². The van der Waals surface area contributed by atoms with Crippen LogP contribution in [0.2, 0.25) is 5.28 Å². The molecule has 8 heteroatoms. The van der Waals surface area contributed by atoms with Gasteiger partial charge in [0.05, 0.1) is 6.61 Å². The number of halogens is 1. The lowest BCUT2D eigenvalue weighted by atomic mass is 10.4. The first kappa shape index (κ1) is 12.7. The van der Waals surface area contributed by atoms with Crippen LogP contribution in [0.4, 0.5) is 0 Å². The molecule has 2 aromatic heterocycles. The Hall–Kier alpha value is -1.73. The van der Waals surface area contributed by atoms with Gasteiger partial charge in [-0.2, -0.15) is 15.0 Å². The molecule has 2 heterocycles. The molecular weight excluding hydrogens is 258 g/mol. The quantitative estimate of drug-likeness (QED) is 0.810. The van der Waals surface area contributed by atoms with Crippen LogP contribution in [0.3, 0.4) is 0 Å². The average molecular weight is 270 g/mol. The smallest absolute Gasteiger partial charge is 0.322 e. The molecule has 0 aromatic carbocycles. The normalized spacial score (nSPS) is 12.4. The van der Waals surface area contributed by atoms with Crippen LogP contribution in [0.25, 0.3) is 5.95 Å². The second-order valence-electron chi connectivity index (χ2n) is 3.54. The van der Waals surface area contributed by atoms with Gasteiger partial charge in [0.25, 0.3) is 0 Å². The minimum Gasteiger partial charge on any atom is -0.458 e. The Labute approximate surface area is 109 Å². The number of hydrogen-bond acceptors (Lipinski definition) is 6. The molecule has 0 radical (unpaired) electrons. The molecule has 0 saturated carbocycles. The van der Waals surface area contributed by atoms with E-state index in [2.05, 4.69) is 19.9 Å². The molecule has 0 aliphatic heterocycles. The van der Waals surface area contributed by atoms with Crippen LogP contribution in [0.1, 0.15) is 6.92 Å². The molecule has 1 atom stereocenters. The molecule has 0 amide bonds. The van der Waals surface area contributed by atoms with Gasteiger partial charge in [0.2, 0.25) is 11.2 Å². The van der Waals surface area contributed by atoms with Crippen molar-refractivity contribution in [2.75, 3.05) is 13.7 Å². The van der Waals surface area contributed by atoms with Crippen molar-refractivity contribution in [2.45, 2.75) is 13.0 Å². The van der Waals surface area contributed by atoms with Gasteiger partial charge >= 0.3 is 6.01 Å². The van der Waals surface area contributed by atoms with Crippen LogP contribution in [0, 0.1) is 0 Å². The van der Waals surface area contributed by atoms with Crippen molar-refractivity contribution in [3.63, 3.8) is 0 Å². The number of hydrogen-bond donors (Lipinski definition) is 0. The van der Waals surface area contributed by atoms with E-state index in [0.29, 0.717) is 12.6 Å². The summed E-state index contributed by atoms with van der Waals surface area (Å²) in [6.07, 6.45) is 4.71. The summed E-state index contributed by atoms with van der Waals surface area (Å²) in [7, 11) is 1.59. The third-order valence-electron chi connectivity index (χ3n) is 2.02. The summed E-state index contributed by atoms with van der Waals surface area (Å²) in [5, 5.41) is 0.0633. The Morgan fingerprint density at radius 3 is 2.89 bits per heavy atom. The van der Waals surface area contributed by atoms with Crippen LogP contribution < -0.4 is 4.74 Å². The summed E-state index contributed by atoms with van der Waals surface area (Å²) in [6.45, 7) is 2.28. The van der Waals surface area contributed by atoms with E-state index >= 15 is 0 Å². The summed E-state index contributed by atoms with van der Waals surface area (Å²) in [4.78, 5) is 15.9. The number of rotatable bonds is 5. The molecule has 0 aliphatic carbocycles. The van der Waals surface area contributed by atoms with Crippen molar-refractivity contribution >= 4 is 11.6 Å². The highest BCUT2D eigenvalue weighted by Crippen LogP contribution is 2.12. The maximum absolute atomic E-state index is 5.82. The first-order valence-corrected chi connectivity index (χ1v) is 5.62. The van der Waals surface area contributed by atoms with Crippen molar-refractivity contribution in [3.05, 3.63) is 24.0 Å². The summed E-state index contributed by atoms with van der Waals surface area (Å²) in [5.74, 6) is 0.354. The predicted octanol–water partition coefficient (Wildman–Crippen LogP) is 1.12. The van der Waals surface area contributed by atoms with Gasteiger partial charge in [-0.15, -0.1) is 0 Å². The lowest BCUT2D eigenvalue weighted by Gasteiger charge is -2.12. The van der Waals surface area contributed by atoms with Crippen LogP contribution in [0.5, 0.6) is 6.01 Å². The standard InChI is InChI=1S/C10H12ClN5O2/c1-7(5-17-2)18-10-14-8(11)13-9(15-10)16-4-3-12-6-16/h3-4,6-7H,5H2,1-2H3. The maximum atomic E-state index is 5.82. The Morgan fingerprint density at radius 2 is 2.22 bits per heavy atom. The molecule has 2 rings (SSSR count). The second-order valence-corrected chi connectivity index (χ2v) is 3.88. The minimum absolute atomic E-state index is 0.0633. The number of methoxy groups -OCH3 is 1. The van der Waals surface area contributed by atoms with E-state index < -0.39 is 0 Å². The van der Waals surface area contributed by atoms with Gasteiger partial charge in [-0.25, -0.2) is 4.98 Å². The molecule has 0 spiro atoms. The zero-order chi connectivity index (χ0) is 13.0. The van der Waals surface area contributed by atoms with Crippen LogP contribution in [0.15, 0.2) is 18.7 Å². The van der Waals surface area contributed by atoms with E-state index in [-0.39, 0.29) is 17.4 Å². The third-order valence-corrected chi connectivity index (χ3v) is 2.19. The van der Waals surface area contributed by atoms with Gasteiger partial charge in [-0.1, -0.05) is 0 Å². The molecule has 96 valence electrons. The fraction of sp³-hybridized carbons (Fsp3) is 0.400. The highest BCUT2D eigenvalue weighted by molar-refractivity contribution is 6.28. The SMILES string of the molecule is COCC(C)Oc1nc(Cl)nc(-n2ccnc2)n1. The van der Waals surface area contributed by atoms with Crippen molar-refractivity contribution in [2.24, 2.45) is 0 Å². The van der Waals surface area contributed by atoms with Crippen LogP contribution in [-0.2, 0) is 4.74 Å². The Morgan fingerprint density at radius 1 is 1.39 bits per heavy atom. The van der Waals surface area contributed by atoms with Crippen molar-refractivity contribution < 1.29 is 9.47 Å². The average Bonchev–Trinajstić information content (AvgIpc) is 2.81. The lowest BCUT2D eigenvalue weighted by molar-refractivity contribution is 0.0853. The van der Waals surface area contributed by atoms with E-state index in [0.717, 1.165) is 0 Å². The predicted molar refractivity (Wildman–Crippen MR) is 63.9 cm³/mol. The molecule has 7 nitrogen and oxygen atoms in total. The van der Waals surface area contributed by atoms with E-state index in [1.165, 1.54) is 0 Å². The minimum atomic E-state index is -0.177. The Bertz CT molecular complexity index is 505. The van der Waals surface area contributed by atoms with Gasteiger partial charge in [-0.3, -0.25) is 4.57 Å². The molecule has 1 unspecified atom stereocenters. The largest absolute Gasteiger partial charge is 0.458 e. The maximum Gasteiger partial charge on any atom is 0.322 e. The number of aromatic nitrogens is 5. The highest BCUT2D eigenvalue weighted by atomic mass is 35.5. The van der Waals surface area contributed by atoms with Crippen molar-refractivity contribution in [3.8, 4) is 12.0 Å². The molecule has 18 heavy (non-hydrogen) atoms. The second kappa shape index (κ2) is 5.74. The molecule has 2 aromatic rings. The molecule has 0 aliphatic rings. The lowest BCUT2D eigenvalue weighted by Crippen LogP contribution is -2.20.